The smallest absolute Gasteiger partial charge is 0.407 e. The van der Waals surface area contributed by atoms with E-state index in [0.29, 0.717) is 29.9 Å². The number of fused-ring (bicyclic) bond motifs is 2. The monoisotopic (exact) mass is 551 g/mol. The first kappa shape index (κ1) is 27.1. The van der Waals surface area contributed by atoms with E-state index in [1.54, 1.807) is 29.4 Å². The van der Waals surface area contributed by atoms with Gasteiger partial charge >= 0.3 is 6.09 Å². The summed E-state index contributed by atoms with van der Waals surface area (Å²) in [7, 11) is 3.60. The quantitative estimate of drug-likeness (QED) is 0.343. The van der Waals surface area contributed by atoms with Crippen molar-refractivity contribution < 1.29 is 19.1 Å². The second kappa shape index (κ2) is 10.2. The topological polar surface area (TPSA) is 90.6 Å². The molecule has 1 atom stereocenters. The number of thiophene rings is 1. The zero-order valence-electron chi connectivity index (χ0n) is 23.8. The number of piperidine rings is 1. The summed E-state index contributed by atoms with van der Waals surface area (Å²) < 4.78 is 15.5. The van der Waals surface area contributed by atoms with Gasteiger partial charge in [0.15, 0.2) is 5.82 Å². The van der Waals surface area contributed by atoms with Gasteiger partial charge in [-0.15, -0.1) is 11.3 Å². The summed E-state index contributed by atoms with van der Waals surface area (Å²) in [4.78, 5) is 34.0. The number of nitrogens with one attached hydrogen (secondary N) is 1. The predicted octanol–water partition coefficient (Wildman–Crippen LogP) is 5.72. The molecule has 39 heavy (non-hydrogen) atoms. The van der Waals surface area contributed by atoms with Crippen molar-refractivity contribution in [2.75, 3.05) is 20.2 Å². The Kier molecular flexibility index (Phi) is 7.09. The Morgan fingerprint density at radius 3 is 2.69 bits per heavy atom. The maximum Gasteiger partial charge on any atom is 0.407 e. The lowest BCUT2D eigenvalue weighted by atomic mass is 10.0. The third-order valence-corrected chi connectivity index (χ3v) is 8.33. The molecule has 1 aromatic carbocycles. The first-order valence-electron chi connectivity index (χ1n) is 13.4. The van der Waals surface area contributed by atoms with Gasteiger partial charge in [-0.05, 0) is 76.6 Å². The molecule has 4 heterocycles. The van der Waals surface area contributed by atoms with Crippen LogP contribution in [0.4, 0.5) is 4.79 Å². The molecule has 5 rings (SSSR count). The maximum absolute atomic E-state index is 13.6. The fourth-order valence-corrected chi connectivity index (χ4v) is 6.52. The van der Waals surface area contributed by atoms with E-state index in [4.69, 9.17) is 14.5 Å². The van der Waals surface area contributed by atoms with Gasteiger partial charge in [-0.25, -0.2) is 9.78 Å². The van der Waals surface area contributed by atoms with Crippen LogP contribution in [0.25, 0.3) is 32.8 Å². The largest absolute Gasteiger partial charge is 0.494 e. The lowest BCUT2D eigenvalue weighted by Gasteiger charge is -2.33. The summed E-state index contributed by atoms with van der Waals surface area (Å²) in [5, 5.41) is 6.35. The van der Waals surface area contributed by atoms with Gasteiger partial charge in [-0.1, -0.05) is 0 Å². The molecule has 1 aliphatic rings. The molecule has 4 aromatic rings. The highest BCUT2D eigenvalue weighted by atomic mass is 32.1. The average Bonchev–Trinajstić information content (AvgIpc) is 3.53. The Balaban J connectivity index is 1.46. The minimum Gasteiger partial charge on any atom is -0.494 e. The molecule has 0 bridgehead atoms. The number of carbonyl (C=O) groups excluding carboxylic acids is 2. The molecule has 1 fully saturated rings. The van der Waals surface area contributed by atoms with E-state index in [0.717, 1.165) is 36.4 Å². The van der Waals surface area contributed by atoms with Crippen LogP contribution in [0.15, 0.2) is 23.6 Å². The zero-order valence-corrected chi connectivity index (χ0v) is 24.6. The molecule has 208 valence electrons. The van der Waals surface area contributed by atoms with Crippen LogP contribution in [0.2, 0.25) is 0 Å². The number of aromatic nitrogens is 3. The molecule has 2 amide bonds. The normalized spacial score (nSPS) is 16.2. The summed E-state index contributed by atoms with van der Waals surface area (Å²) in [5.41, 5.74) is 3.80. The van der Waals surface area contributed by atoms with Crippen LogP contribution in [0.5, 0.6) is 5.75 Å². The Labute approximate surface area is 232 Å². The molecule has 9 nitrogen and oxygen atoms in total. The highest BCUT2D eigenvalue weighted by Crippen LogP contribution is 2.37. The van der Waals surface area contributed by atoms with E-state index < -0.39 is 11.7 Å². The summed E-state index contributed by atoms with van der Waals surface area (Å²) in [6, 6.07) is 5.68. The Morgan fingerprint density at radius 1 is 1.23 bits per heavy atom. The van der Waals surface area contributed by atoms with Crippen molar-refractivity contribution in [1.29, 1.82) is 0 Å². The number of ether oxygens (including phenoxy) is 2. The van der Waals surface area contributed by atoms with Crippen molar-refractivity contribution in [3.05, 3.63) is 34.7 Å². The number of aryl methyl sites for hydroxylation is 3. The van der Waals surface area contributed by atoms with Crippen molar-refractivity contribution >= 4 is 44.6 Å². The van der Waals surface area contributed by atoms with Crippen molar-refractivity contribution in [1.82, 2.24) is 24.3 Å². The molecule has 1 aliphatic heterocycles. The fourth-order valence-electron chi connectivity index (χ4n) is 5.40. The molecule has 3 aromatic heterocycles. The van der Waals surface area contributed by atoms with E-state index in [9.17, 15) is 9.59 Å². The molecule has 0 spiro atoms. The average molecular weight is 552 g/mol. The third kappa shape index (κ3) is 5.09. The molecule has 1 saturated heterocycles. The SMILES string of the molecule is CCn1c(-c2nc3cc(C(=O)N4CCC[C@@H](NC(=O)OC(C)(C)C)C4)cc(OC)c3n2C)cc2c(C)csc21. The van der Waals surface area contributed by atoms with Crippen LogP contribution in [0.3, 0.4) is 0 Å². The molecule has 10 heteroatoms. The second-order valence-electron chi connectivity index (χ2n) is 11.2. The maximum atomic E-state index is 13.6. The Morgan fingerprint density at radius 2 is 2.00 bits per heavy atom. The van der Waals surface area contributed by atoms with E-state index in [2.05, 4.69) is 35.2 Å². The lowest BCUT2D eigenvalue weighted by molar-refractivity contribution is 0.0452. The summed E-state index contributed by atoms with van der Waals surface area (Å²) in [5.74, 6) is 1.33. The van der Waals surface area contributed by atoms with Crippen molar-refractivity contribution in [2.24, 2.45) is 7.05 Å². The minimum atomic E-state index is -0.574. The number of carbonyl (C=O) groups is 2. The predicted molar refractivity (Wildman–Crippen MR) is 155 cm³/mol. The first-order valence-corrected chi connectivity index (χ1v) is 14.3. The van der Waals surface area contributed by atoms with Crippen LogP contribution in [-0.4, -0.2) is 62.9 Å². The van der Waals surface area contributed by atoms with Gasteiger partial charge in [-0.3, -0.25) is 4.79 Å². The molecular formula is C29H37N5O4S. The number of methoxy groups -OCH3 is 1. The van der Waals surface area contributed by atoms with Gasteiger partial charge in [0.2, 0.25) is 0 Å². The summed E-state index contributed by atoms with van der Waals surface area (Å²) in [6.07, 6.45) is 1.13. The standard InChI is InChI=1S/C29H37N5O4S/c1-8-34-22(14-20-17(2)16-39-27(20)34)25-31-21-12-18(13-23(37-7)24(21)32(25)6)26(35)33-11-9-10-19(15-33)30-28(36)38-29(3,4)5/h12-14,16,19H,8-11,15H2,1-7H3,(H,30,36)/t19-/m1/s1. The number of alkyl carbamates (subject to hydrolysis) is 1. The van der Waals surface area contributed by atoms with E-state index in [-0.39, 0.29) is 11.9 Å². The lowest BCUT2D eigenvalue weighted by Crippen LogP contribution is -2.50. The number of likely N-dealkylation sites (tertiary alicyclic amines) is 1. The van der Waals surface area contributed by atoms with E-state index in [1.807, 2.05) is 38.5 Å². The van der Waals surface area contributed by atoms with Crippen LogP contribution >= 0.6 is 11.3 Å². The van der Waals surface area contributed by atoms with Gasteiger partial charge in [0.05, 0.1) is 18.3 Å². The van der Waals surface area contributed by atoms with Gasteiger partial charge < -0.3 is 28.8 Å². The summed E-state index contributed by atoms with van der Waals surface area (Å²) in [6.45, 7) is 11.6. The number of rotatable bonds is 5. The fraction of sp³-hybridized carbons (Fsp3) is 0.483. The first-order chi connectivity index (χ1) is 18.5. The van der Waals surface area contributed by atoms with E-state index in [1.165, 1.54) is 15.8 Å². The van der Waals surface area contributed by atoms with E-state index >= 15 is 0 Å². The highest BCUT2D eigenvalue weighted by Gasteiger charge is 2.29. The Hall–Kier alpha value is -3.53. The second-order valence-corrected chi connectivity index (χ2v) is 12.0. The number of imidazole rings is 1. The van der Waals surface area contributed by atoms with Crippen LogP contribution in [-0.2, 0) is 18.3 Å². The van der Waals surface area contributed by atoms with Crippen molar-refractivity contribution in [3.8, 4) is 17.3 Å². The molecular weight excluding hydrogens is 514 g/mol. The zero-order chi connectivity index (χ0) is 28.1. The number of hydrogen-bond donors (Lipinski definition) is 1. The number of nitrogens with zero attached hydrogens (tertiary/aromatic N) is 4. The van der Waals surface area contributed by atoms with Gasteiger partial charge in [0.1, 0.15) is 21.7 Å². The van der Waals surface area contributed by atoms with Crippen LogP contribution in [0.1, 0.15) is 56.5 Å². The minimum absolute atomic E-state index is 0.105. The molecule has 0 aliphatic carbocycles. The van der Waals surface area contributed by atoms with Crippen LogP contribution in [0, 0.1) is 6.92 Å². The summed E-state index contributed by atoms with van der Waals surface area (Å²) >= 11 is 1.75. The van der Waals surface area contributed by atoms with Gasteiger partial charge in [-0.2, -0.15) is 0 Å². The number of hydrogen-bond acceptors (Lipinski definition) is 6. The van der Waals surface area contributed by atoms with Crippen molar-refractivity contribution in [3.63, 3.8) is 0 Å². The molecule has 0 unspecified atom stereocenters. The molecule has 0 radical (unpaired) electrons. The molecule has 0 saturated carbocycles. The van der Waals surface area contributed by atoms with Gasteiger partial charge in [0, 0.05) is 43.7 Å². The van der Waals surface area contributed by atoms with Gasteiger partial charge in [0.25, 0.3) is 5.91 Å². The highest BCUT2D eigenvalue weighted by molar-refractivity contribution is 7.17. The molecule has 1 N–H and O–H groups in total. The number of benzene rings is 1. The van der Waals surface area contributed by atoms with Crippen molar-refractivity contribution in [2.45, 2.75) is 65.6 Å². The Bertz CT molecular complexity index is 1560. The number of amides is 2. The third-order valence-electron chi connectivity index (χ3n) is 7.20. The van der Waals surface area contributed by atoms with Crippen LogP contribution < -0.4 is 10.1 Å².